The molecule has 0 bridgehead atoms. The van der Waals surface area contributed by atoms with Crippen LogP contribution < -0.4 is 10.1 Å². The first-order chi connectivity index (χ1) is 10.3. The van der Waals surface area contributed by atoms with E-state index in [1.54, 1.807) is 0 Å². The molecule has 1 unspecified atom stereocenters. The highest BCUT2D eigenvalue weighted by Crippen LogP contribution is 2.36. The summed E-state index contributed by atoms with van der Waals surface area (Å²) in [6, 6.07) is 8.77. The molecule has 4 heteroatoms. The summed E-state index contributed by atoms with van der Waals surface area (Å²) in [7, 11) is 2.00. The number of aryl methyl sites for hydroxylation is 2. The van der Waals surface area contributed by atoms with Gasteiger partial charge in [-0.15, -0.1) is 0 Å². The summed E-state index contributed by atoms with van der Waals surface area (Å²) < 4.78 is 7.96. The van der Waals surface area contributed by atoms with Gasteiger partial charge in [0.1, 0.15) is 5.75 Å². The van der Waals surface area contributed by atoms with Gasteiger partial charge < -0.3 is 10.1 Å². The van der Waals surface area contributed by atoms with E-state index in [0.717, 1.165) is 37.4 Å². The fraction of sp³-hybridized carbons (Fsp3) is 0.471. The Bertz CT molecular complexity index is 633. The summed E-state index contributed by atoms with van der Waals surface area (Å²) in [5, 5.41) is 8.11. The summed E-state index contributed by atoms with van der Waals surface area (Å²) in [5.41, 5.74) is 4.87. The molecule has 2 heterocycles. The van der Waals surface area contributed by atoms with Gasteiger partial charge in [-0.25, -0.2) is 0 Å². The second kappa shape index (κ2) is 5.90. The van der Waals surface area contributed by atoms with Crippen molar-refractivity contribution in [1.82, 2.24) is 15.1 Å². The van der Waals surface area contributed by atoms with Crippen LogP contribution in [-0.4, -0.2) is 23.4 Å². The van der Waals surface area contributed by atoms with E-state index in [2.05, 4.69) is 53.2 Å². The molecule has 3 rings (SSSR count). The largest absolute Gasteiger partial charge is 0.493 e. The van der Waals surface area contributed by atoms with Crippen LogP contribution in [0.3, 0.4) is 0 Å². The smallest absolute Gasteiger partial charge is 0.127 e. The van der Waals surface area contributed by atoms with Gasteiger partial charge in [0, 0.05) is 18.5 Å². The summed E-state index contributed by atoms with van der Waals surface area (Å²) in [6.07, 6.45) is 1.96. The van der Waals surface area contributed by atoms with Crippen molar-refractivity contribution in [3.05, 3.63) is 46.8 Å². The van der Waals surface area contributed by atoms with Gasteiger partial charge in [-0.1, -0.05) is 25.1 Å². The Kier molecular flexibility index (Phi) is 3.97. The minimum absolute atomic E-state index is 0.116. The maximum atomic E-state index is 5.87. The minimum Gasteiger partial charge on any atom is -0.493 e. The van der Waals surface area contributed by atoms with Gasteiger partial charge in [-0.05, 0) is 32.0 Å². The highest BCUT2D eigenvalue weighted by molar-refractivity contribution is 5.48. The topological polar surface area (TPSA) is 39.1 Å². The van der Waals surface area contributed by atoms with Crippen molar-refractivity contribution in [1.29, 1.82) is 0 Å². The molecule has 1 aliphatic rings. The van der Waals surface area contributed by atoms with Crippen LogP contribution >= 0.6 is 0 Å². The fourth-order valence-electron chi connectivity index (χ4n) is 3.08. The number of aromatic nitrogens is 2. The number of nitrogens with zero attached hydrogens (tertiary/aromatic N) is 2. The molecule has 0 saturated carbocycles. The van der Waals surface area contributed by atoms with Gasteiger partial charge in [0.2, 0.25) is 0 Å². The van der Waals surface area contributed by atoms with Crippen molar-refractivity contribution < 1.29 is 4.74 Å². The summed E-state index contributed by atoms with van der Waals surface area (Å²) >= 11 is 0. The standard InChI is InChI=1S/C17H23N3O/c1-4-13-11-15(20(5-2)19-13)16(18-3)14-8-6-7-12-9-10-21-17(12)14/h6-8,11,16,18H,4-5,9-10H2,1-3H3. The van der Waals surface area contributed by atoms with Crippen LogP contribution in [-0.2, 0) is 19.4 Å². The van der Waals surface area contributed by atoms with Crippen LogP contribution in [0.4, 0.5) is 0 Å². The molecule has 1 atom stereocenters. The van der Waals surface area contributed by atoms with E-state index in [-0.39, 0.29) is 6.04 Å². The number of rotatable bonds is 5. The van der Waals surface area contributed by atoms with E-state index in [1.807, 2.05) is 7.05 Å². The van der Waals surface area contributed by atoms with E-state index in [0.29, 0.717) is 0 Å². The Balaban J connectivity index is 2.07. The number of hydrogen-bond acceptors (Lipinski definition) is 3. The number of fused-ring (bicyclic) bond motifs is 1. The molecule has 1 aromatic carbocycles. The van der Waals surface area contributed by atoms with Crippen LogP contribution in [0.1, 0.15) is 42.4 Å². The van der Waals surface area contributed by atoms with E-state index < -0.39 is 0 Å². The number of para-hydroxylation sites is 1. The van der Waals surface area contributed by atoms with Crippen molar-refractivity contribution in [3.63, 3.8) is 0 Å². The van der Waals surface area contributed by atoms with Crippen LogP contribution in [0.2, 0.25) is 0 Å². The Labute approximate surface area is 126 Å². The molecule has 112 valence electrons. The molecular formula is C17H23N3O. The predicted octanol–water partition coefficient (Wildman–Crippen LogP) is 2.71. The highest BCUT2D eigenvalue weighted by Gasteiger charge is 2.25. The molecule has 21 heavy (non-hydrogen) atoms. The number of nitrogens with one attached hydrogen (secondary N) is 1. The summed E-state index contributed by atoms with van der Waals surface area (Å²) in [4.78, 5) is 0. The third-order valence-corrected chi connectivity index (χ3v) is 4.16. The predicted molar refractivity (Wildman–Crippen MR) is 83.8 cm³/mol. The van der Waals surface area contributed by atoms with E-state index in [9.17, 15) is 0 Å². The molecule has 0 saturated heterocycles. The van der Waals surface area contributed by atoms with Crippen LogP contribution in [0.25, 0.3) is 0 Å². The van der Waals surface area contributed by atoms with Crippen molar-refractivity contribution in [2.75, 3.05) is 13.7 Å². The first-order valence-corrected chi connectivity index (χ1v) is 7.76. The lowest BCUT2D eigenvalue weighted by Gasteiger charge is -2.20. The van der Waals surface area contributed by atoms with Crippen LogP contribution in [0, 0.1) is 0 Å². The average Bonchev–Trinajstić information content (AvgIpc) is 3.14. The molecule has 1 N–H and O–H groups in total. The molecule has 4 nitrogen and oxygen atoms in total. The quantitative estimate of drug-likeness (QED) is 0.918. The highest BCUT2D eigenvalue weighted by atomic mass is 16.5. The molecule has 0 aliphatic carbocycles. The first-order valence-electron chi connectivity index (χ1n) is 7.76. The van der Waals surface area contributed by atoms with Gasteiger partial charge >= 0.3 is 0 Å². The Hall–Kier alpha value is -1.81. The summed E-state index contributed by atoms with van der Waals surface area (Å²) in [6.45, 7) is 5.94. The lowest BCUT2D eigenvalue weighted by Crippen LogP contribution is -2.22. The normalized spacial score (nSPS) is 14.8. The molecule has 1 aromatic heterocycles. The zero-order valence-electron chi connectivity index (χ0n) is 13.0. The third kappa shape index (κ3) is 2.44. The fourth-order valence-corrected chi connectivity index (χ4v) is 3.08. The van der Waals surface area contributed by atoms with E-state index in [1.165, 1.54) is 16.8 Å². The minimum atomic E-state index is 0.116. The van der Waals surface area contributed by atoms with Crippen molar-refractivity contribution in [2.24, 2.45) is 0 Å². The molecule has 1 aliphatic heterocycles. The zero-order chi connectivity index (χ0) is 14.8. The molecule has 0 spiro atoms. The molecular weight excluding hydrogens is 262 g/mol. The second-order valence-electron chi connectivity index (χ2n) is 5.39. The number of benzene rings is 1. The maximum absolute atomic E-state index is 5.87. The van der Waals surface area contributed by atoms with E-state index >= 15 is 0 Å². The van der Waals surface area contributed by atoms with Crippen molar-refractivity contribution in [2.45, 2.75) is 39.3 Å². The Morgan fingerprint density at radius 1 is 1.38 bits per heavy atom. The zero-order valence-corrected chi connectivity index (χ0v) is 13.0. The molecule has 0 fully saturated rings. The van der Waals surface area contributed by atoms with Gasteiger partial charge in [-0.3, -0.25) is 4.68 Å². The van der Waals surface area contributed by atoms with Crippen LogP contribution in [0.15, 0.2) is 24.3 Å². The number of ether oxygens (including phenoxy) is 1. The Morgan fingerprint density at radius 2 is 2.24 bits per heavy atom. The first kappa shape index (κ1) is 14.1. The monoisotopic (exact) mass is 285 g/mol. The lowest BCUT2D eigenvalue weighted by atomic mass is 9.99. The van der Waals surface area contributed by atoms with Gasteiger partial charge in [0.15, 0.2) is 0 Å². The van der Waals surface area contributed by atoms with Gasteiger partial charge in [-0.2, -0.15) is 5.10 Å². The van der Waals surface area contributed by atoms with Gasteiger partial charge in [0.05, 0.1) is 24.0 Å². The van der Waals surface area contributed by atoms with Crippen molar-refractivity contribution in [3.8, 4) is 5.75 Å². The number of hydrogen-bond donors (Lipinski definition) is 1. The maximum Gasteiger partial charge on any atom is 0.127 e. The van der Waals surface area contributed by atoms with Crippen LogP contribution in [0.5, 0.6) is 5.75 Å². The second-order valence-corrected chi connectivity index (χ2v) is 5.39. The van der Waals surface area contributed by atoms with Crippen molar-refractivity contribution >= 4 is 0 Å². The molecule has 0 amide bonds. The Morgan fingerprint density at radius 3 is 2.95 bits per heavy atom. The molecule has 0 radical (unpaired) electrons. The van der Waals surface area contributed by atoms with E-state index in [4.69, 9.17) is 4.74 Å². The lowest BCUT2D eigenvalue weighted by molar-refractivity contribution is 0.350. The summed E-state index contributed by atoms with van der Waals surface area (Å²) in [5.74, 6) is 1.05. The third-order valence-electron chi connectivity index (χ3n) is 4.16. The average molecular weight is 285 g/mol. The van der Waals surface area contributed by atoms with Gasteiger partial charge in [0.25, 0.3) is 0 Å². The molecule has 2 aromatic rings. The SMILES string of the molecule is CCc1cc(C(NC)c2cccc3c2OCC3)n(CC)n1.